The van der Waals surface area contributed by atoms with Crippen molar-refractivity contribution in [1.29, 1.82) is 0 Å². The van der Waals surface area contributed by atoms with Crippen LogP contribution in [0.5, 0.6) is 11.5 Å². The molecule has 0 atom stereocenters. The number of nitrogens with one attached hydrogen (secondary N) is 1. The molecule has 0 aliphatic carbocycles. The summed E-state index contributed by atoms with van der Waals surface area (Å²) in [6.07, 6.45) is 0. The third-order valence-corrected chi connectivity index (χ3v) is 3.23. The van der Waals surface area contributed by atoms with Crippen LogP contribution in [0.3, 0.4) is 0 Å². The summed E-state index contributed by atoms with van der Waals surface area (Å²) in [7, 11) is 1.41. The highest BCUT2D eigenvalue weighted by molar-refractivity contribution is 6.04. The van der Waals surface area contributed by atoms with Crippen molar-refractivity contribution in [2.45, 2.75) is 6.92 Å². The molecule has 0 fully saturated rings. The van der Waals surface area contributed by atoms with E-state index in [0.29, 0.717) is 16.8 Å². The van der Waals surface area contributed by atoms with Crippen molar-refractivity contribution < 1.29 is 23.5 Å². The van der Waals surface area contributed by atoms with Crippen molar-refractivity contribution in [3.05, 3.63) is 53.3 Å². The van der Waals surface area contributed by atoms with E-state index in [4.69, 9.17) is 15.2 Å². The highest BCUT2D eigenvalue weighted by atomic mass is 19.1. The molecule has 0 bridgehead atoms. The zero-order valence-corrected chi connectivity index (χ0v) is 13.3. The molecule has 0 saturated heterocycles. The van der Waals surface area contributed by atoms with Crippen LogP contribution in [0.1, 0.15) is 15.9 Å². The molecule has 0 saturated carbocycles. The van der Waals surface area contributed by atoms with Gasteiger partial charge in [-0.3, -0.25) is 9.59 Å². The Morgan fingerprint density at radius 1 is 1.17 bits per heavy atom. The van der Waals surface area contributed by atoms with Crippen molar-refractivity contribution in [2.24, 2.45) is 5.73 Å². The number of ether oxygens (including phenoxy) is 2. The van der Waals surface area contributed by atoms with Crippen molar-refractivity contribution >= 4 is 17.5 Å². The van der Waals surface area contributed by atoms with Crippen molar-refractivity contribution in [3.8, 4) is 11.5 Å². The number of benzene rings is 2. The topological polar surface area (TPSA) is 90.7 Å². The maximum Gasteiger partial charge on any atom is 0.255 e. The maximum atomic E-state index is 13.5. The molecule has 6 nitrogen and oxygen atoms in total. The maximum absolute atomic E-state index is 13.5. The Morgan fingerprint density at radius 2 is 1.92 bits per heavy atom. The van der Waals surface area contributed by atoms with Crippen LogP contribution in [0.2, 0.25) is 0 Å². The molecule has 2 amide bonds. The Bertz CT molecular complexity index is 777. The summed E-state index contributed by atoms with van der Waals surface area (Å²) < 4.78 is 23.9. The Morgan fingerprint density at radius 3 is 2.54 bits per heavy atom. The number of carbonyl (C=O) groups excluding carboxylic acids is 2. The van der Waals surface area contributed by atoms with Gasteiger partial charge in [0, 0.05) is 11.3 Å². The fourth-order valence-electron chi connectivity index (χ4n) is 1.95. The largest absolute Gasteiger partial charge is 0.493 e. The van der Waals surface area contributed by atoms with E-state index in [1.807, 2.05) is 0 Å². The number of aryl methyl sites for hydroxylation is 1. The van der Waals surface area contributed by atoms with E-state index >= 15 is 0 Å². The summed E-state index contributed by atoms with van der Waals surface area (Å²) in [6.45, 7) is 1.33. The van der Waals surface area contributed by atoms with Crippen LogP contribution in [0.15, 0.2) is 36.4 Å². The van der Waals surface area contributed by atoms with Crippen LogP contribution in [-0.4, -0.2) is 25.5 Å². The summed E-state index contributed by atoms with van der Waals surface area (Å²) in [5.41, 5.74) is 6.15. The van der Waals surface area contributed by atoms with Crippen LogP contribution in [-0.2, 0) is 4.79 Å². The Labute approximate surface area is 138 Å². The van der Waals surface area contributed by atoms with E-state index in [9.17, 15) is 14.0 Å². The summed E-state index contributed by atoms with van der Waals surface area (Å²) in [4.78, 5) is 23.0. The number of halogens is 1. The predicted molar refractivity (Wildman–Crippen MR) is 86.8 cm³/mol. The highest BCUT2D eigenvalue weighted by Gasteiger charge is 2.12. The van der Waals surface area contributed by atoms with Gasteiger partial charge in [-0.25, -0.2) is 4.39 Å². The lowest BCUT2D eigenvalue weighted by molar-refractivity contribution is -0.119. The second kappa shape index (κ2) is 7.45. The van der Waals surface area contributed by atoms with Crippen LogP contribution in [0.25, 0.3) is 0 Å². The number of amides is 2. The summed E-state index contributed by atoms with van der Waals surface area (Å²) in [5, 5.41) is 2.60. The predicted octanol–water partition coefficient (Wildman–Crippen LogP) is 2.26. The van der Waals surface area contributed by atoms with Crippen molar-refractivity contribution in [2.75, 3.05) is 19.0 Å². The molecule has 0 spiro atoms. The Balaban J connectivity index is 2.16. The SMILES string of the molecule is COc1cc(C(=O)Nc2ccc(C)c(F)c2)ccc1OCC(N)=O. The summed E-state index contributed by atoms with van der Waals surface area (Å²) in [6, 6.07) is 8.88. The number of rotatable bonds is 6. The van der Waals surface area contributed by atoms with E-state index in [2.05, 4.69) is 5.32 Å². The number of methoxy groups -OCH3 is 1. The number of nitrogens with two attached hydrogens (primary N) is 1. The third kappa shape index (κ3) is 4.22. The minimum atomic E-state index is -0.625. The van der Waals surface area contributed by atoms with Gasteiger partial charge in [-0.15, -0.1) is 0 Å². The first-order valence-corrected chi connectivity index (χ1v) is 7.07. The van der Waals surface area contributed by atoms with Gasteiger partial charge in [-0.1, -0.05) is 6.07 Å². The first kappa shape index (κ1) is 17.3. The van der Waals surface area contributed by atoms with Gasteiger partial charge >= 0.3 is 0 Å². The normalized spacial score (nSPS) is 10.1. The van der Waals surface area contributed by atoms with E-state index in [1.165, 1.54) is 31.4 Å². The number of carbonyl (C=O) groups is 2. The second-order valence-electron chi connectivity index (χ2n) is 5.04. The van der Waals surface area contributed by atoms with Gasteiger partial charge in [-0.2, -0.15) is 0 Å². The standard InChI is InChI=1S/C17H17FN2O4/c1-10-3-5-12(8-13(10)18)20-17(22)11-4-6-14(15(7-11)23-2)24-9-16(19)21/h3-8H,9H2,1-2H3,(H2,19,21)(H,20,22). The lowest BCUT2D eigenvalue weighted by Crippen LogP contribution is -2.20. The molecule has 0 aliphatic rings. The van der Waals surface area contributed by atoms with Gasteiger partial charge in [-0.05, 0) is 42.8 Å². The molecular weight excluding hydrogens is 315 g/mol. The molecule has 126 valence electrons. The van der Waals surface area contributed by atoms with Crippen molar-refractivity contribution in [1.82, 2.24) is 0 Å². The van der Waals surface area contributed by atoms with Crippen molar-refractivity contribution in [3.63, 3.8) is 0 Å². The number of hydrogen-bond donors (Lipinski definition) is 2. The molecule has 0 aromatic heterocycles. The Kier molecular flexibility index (Phi) is 5.36. The van der Waals surface area contributed by atoms with Crippen LogP contribution in [0.4, 0.5) is 10.1 Å². The van der Waals surface area contributed by atoms with Gasteiger partial charge < -0.3 is 20.5 Å². The molecule has 2 aromatic carbocycles. The lowest BCUT2D eigenvalue weighted by Gasteiger charge is -2.11. The zero-order chi connectivity index (χ0) is 17.7. The molecule has 0 unspecified atom stereocenters. The monoisotopic (exact) mass is 332 g/mol. The molecule has 0 radical (unpaired) electrons. The average molecular weight is 332 g/mol. The summed E-state index contributed by atoms with van der Waals surface area (Å²) >= 11 is 0. The van der Waals surface area contributed by atoms with Gasteiger partial charge in [0.05, 0.1) is 7.11 Å². The first-order chi connectivity index (χ1) is 11.4. The minimum Gasteiger partial charge on any atom is -0.493 e. The van der Waals surface area contributed by atoms with Gasteiger partial charge in [0.25, 0.3) is 11.8 Å². The fraction of sp³-hybridized carbons (Fsp3) is 0.176. The van der Waals surface area contributed by atoms with E-state index in [1.54, 1.807) is 19.1 Å². The summed E-state index contributed by atoms with van der Waals surface area (Å²) in [5.74, 6) is -0.896. The number of anilines is 1. The molecule has 0 heterocycles. The minimum absolute atomic E-state index is 0.277. The molecular formula is C17H17FN2O4. The molecule has 24 heavy (non-hydrogen) atoms. The van der Waals surface area contributed by atoms with Crippen LogP contribution < -0.4 is 20.5 Å². The van der Waals surface area contributed by atoms with E-state index in [-0.39, 0.29) is 18.1 Å². The fourth-order valence-corrected chi connectivity index (χ4v) is 1.95. The molecule has 0 aliphatic heterocycles. The first-order valence-electron chi connectivity index (χ1n) is 7.07. The van der Waals surface area contributed by atoms with Crippen LogP contribution >= 0.6 is 0 Å². The van der Waals surface area contributed by atoms with Crippen LogP contribution in [0, 0.1) is 12.7 Å². The smallest absolute Gasteiger partial charge is 0.255 e. The zero-order valence-electron chi connectivity index (χ0n) is 13.3. The van der Waals surface area contributed by atoms with E-state index in [0.717, 1.165) is 0 Å². The highest BCUT2D eigenvalue weighted by Crippen LogP contribution is 2.28. The number of primary amides is 1. The molecule has 2 aromatic rings. The van der Waals surface area contributed by atoms with Gasteiger partial charge in [0.1, 0.15) is 5.82 Å². The molecule has 7 heteroatoms. The second-order valence-corrected chi connectivity index (χ2v) is 5.04. The lowest BCUT2D eigenvalue weighted by atomic mass is 10.1. The molecule has 3 N–H and O–H groups in total. The number of hydrogen-bond acceptors (Lipinski definition) is 4. The van der Waals surface area contributed by atoms with Gasteiger partial charge in [0.15, 0.2) is 18.1 Å². The quantitative estimate of drug-likeness (QED) is 0.849. The van der Waals surface area contributed by atoms with E-state index < -0.39 is 17.6 Å². The third-order valence-electron chi connectivity index (χ3n) is 3.23. The average Bonchev–Trinajstić information content (AvgIpc) is 2.56. The molecule has 2 rings (SSSR count). The van der Waals surface area contributed by atoms with Gasteiger partial charge in [0.2, 0.25) is 0 Å². The Hall–Kier alpha value is -3.09.